The molecule has 0 aromatic heterocycles. The number of benzene rings is 2. The van der Waals surface area contributed by atoms with Crippen LogP contribution >= 0.6 is 0 Å². The van der Waals surface area contributed by atoms with Gasteiger partial charge in [0.2, 0.25) is 0 Å². The van der Waals surface area contributed by atoms with E-state index in [4.69, 9.17) is 5.11 Å². The average Bonchev–Trinajstić information content (AvgIpc) is 3.27. The fraction of sp³-hybridized carbons (Fsp3) is 0.333. The average molecular weight is 365 g/mol. The molecule has 1 fully saturated rings. The van der Waals surface area contributed by atoms with Crippen LogP contribution in [0.5, 0.6) is 0 Å². The van der Waals surface area contributed by atoms with Crippen molar-refractivity contribution < 1.29 is 14.7 Å². The lowest BCUT2D eigenvalue weighted by atomic mass is 10.1. The molecule has 140 valence electrons. The van der Waals surface area contributed by atoms with Crippen molar-refractivity contribution in [2.24, 2.45) is 0 Å². The fourth-order valence-electron chi connectivity index (χ4n) is 4.04. The van der Waals surface area contributed by atoms with Gasteiger partial charge in [-0.3, -0.25) is 4.79 Å². The van der Waals surface area contributed by atoms with Gasteiger partial charge in [-0.05, 0) is 55.2 Å². The first-order valence-corrected chi connectivity index (χ1v) is 9.28. The number of carbonyl (C=O) groups is 2. The van der Waals surface area contributed by atoms with Crippen molar-refractivity contribution in [3.8, 4) is 0 Å². The van der Waals surface area contributed by atoms with Gasteiger partial charge in [-0.2, -0.15) is 0 Å². The van der Waals surface area contributed by atoms with E-state index in [2.05, 4.69) is 16.3 Å². The second-order valence-electron chi connectivity index (χ2n) is 7.22. The second-order valence-corrected chi connectivity index (χ2v) is 7.22. The Balaban J connectivity index is 1.52. The summed E-state index contributed by atoms with van der Waals surface area (Å²) in [6, 6.07) is 13.8. The highest BCUT2D eigenvalue weighted by molar-refractivity contribution is 6.08. The Bertz CT molecular complexity index is 896. The van der Waals surface area contributed by atoms with Gasteiger partial charge in [0.05, 0.1) is 6.04 Å². The highest BCUT2D eigenvalue weighted by Crippen LogP contribution is 2.34. The highest BCUT2D eigenvalue weighted by atomic mass is 16.4. The van der Waals surface area contributed by atoms with Crippen molar-refractivity contribution in [3.63, 3.8) is 0 Å². The molecule has 0 radical (unpaired) electrons. The number of carbonyl (C=O) groups excluding carboxylic acids is 1. The first-order valence-electron chi connectivity index (χ1n) is 9.28. The Morgan fingerprint density at radius 1 is 1.15 bits per heavy atom. The third-order valence-corrected chi connectivity index (χ3v) is 5.46. The zero-order valence-electron chi connectivity index (χ0n) is 15.3. The molecule has 4 rings (SSSR count). The van der Waals surface area contributed by atoms with E-state index in [0.29, 0.717) is 13.1 Å². The van der Waals surface area contributed by atoms with E-state index in [9.17, 15) is 9.59 Å². The van der Waals surface area contributed by atoms with Gasteiger partial charge in [0.1, 0.15) is 0 Å². The molecule has 2 N–H and O–H groups in total. The SMILES string of the molecule is Cc1ccccc1C(=O)N1CCc2cc(N3CCC(NC(=O)O)C3)ccc21. The van der Waals surface area contributed by atoms with Gasteiger partial charge in [0.15, 0.2) is 0 Å². The molecule has 1 saturated heterocycles. The Hall–Kier alpha value is -3.02. The van der Waals surface area contributed by atoms with Gasteiger partial charge in [-0.15, -0.1) is 0 Å². The number of hydrogen-bond acceptors (Lipinski definition) is 3. The number of nitrogens with one attached hydrogen (secondary N) is 1. The Labute approximate surface area is 158 Å². The molecule has 0 spiro atoms. The molecule has 0 aliphatic carbocycles. The van der Waals surface area contributed by atoms with Gasteiger partial charge >= 0.3 is 6.09 Å². The minimum absolute atomic E-state index is 0.0325. The summed E-state index contributed by atoms with van der Waals surface area (Å²) < 4.78 is 0. The predicted octanol–water partition coefficient (Wildman–Crippen LogP) is 3.04. The van der Waals surface area contributed by atoms with Gasteiger partial charge in [0, 0.05) is 36.6 Å². The van der Waals surface area contributed by atoms with Crippen LogP contribution in [0.2, 0.25) is 0 Å². The molecule has 1 atom stereocenters. The van der Waals surface area contributed by atoms with E-state index in [-0.39, 0.29) is 11.9 Å². The van der Waals surface area contributed by atoms with E-state index in [1.54, 1.807) is 0 Å². The smallest absolute Gasteiger partial charge is 0.404 e. The molecule has 6 nitrogen and oxygen atoms in total. The van der Waals surface area contributed by atoms with Crippen LogP contribution < -0.4 is 15.1 Å². The standard InChI is InChI=1S/C21H23N3O3/c1-14-4-2-3-5-18(14)20(25)24-11-8-15-12-17(6-7-19(15)24)23-10-9-16(13-23)22-21(26)27/h2-7,12,16,22H,8-11,13H2,1H3,(H,26,27). The summed E-state index contributed by atoms with van der Waals surface area (Å²) in [6.45, 7) is 4.16. The quantitative estimate of drug-likeness (QED) is 0.877. The fourth-order valence-corrected chi connectivity index (χ4v) is 4.04. The van der Waals surface area contributed by atoms with Crippen molar-refractivity contribution in [2.75, 3.05) is 29.4 Å². The summed E-state index contributed by atoms with van der Waals surface area (Å²) in [5, 5.41) is 11.4. The van der Waals surface area contributed by atoms with Crippen molar-refractivity contribution in [3.05, 3.63) is 59.2 Å². The predicted molar refractivity (Wildman–Crippen MR) is 105 cm³/mol. The molecule has 2 aliphatic heterocycles. The van der Waals surface area contributed by atoms with Crippen LogP contribution in [0.3, 0.4) is 0 Å². The van der Waals surface area contributed by atoms with E-state index in [1.165, 1.54) is 5.56 Å². The minimum atomic E-state index is -0.971. The van der Waals surface area contributed by atoms with Crippen LogP contribution in [0.1, 0.15) is 27.9 Å². The van der Waals surface area contributed by atoms with Crippen LogP contribution in [0, 0.1) is 6.92 Å². The number of carboxylic acid groups (broad SMARTS) is 1. The van der Waals surface area contributed by atoms with E-state index >= 15 is 0 Å². The van der Waals surface area contributed by atoms with Gasteiger partial charge in [0.25, 0.3) is 5.91 Å². The van der Waals surface area contributed by atoms with Crippen LogP contribution in [-0.2, 0) is 6.42 Å². The van der Waals surface area contributed by atoms with Crippen LogP contribution in [0.4, 0.5) is 16.2 Å². The summed E-state index contributed by atoms with van der Waals surface area (Å²) in [7, 11) is 0. The molecule has 2 heterocycles. The van der Waals surface area contributed by atoms with E-state index < -0.39 is 6.09 Å². The maximum absolute atomic E-state index is 13.0. The second kappa shape index (κ2) is 6.95. The lowest BCUT2D eigenvalue weighted by Gasteiger charge is -2.21. The lowest BCUT2D eigenvalue weighted by Crippen LogP contribution is -2.36. The Morgan fingerprint density at radius 3 is 2.74 bits per heavy atom. The molecule has 0 saturated carbocycles. The van der Waals surface area contributed by atoms with Crippen molar-refractivity contribution in [2.45, 2.75) is 25.8 Å². The van der Waals surface area contributed by atoms with Crippen molar-refractivity contribution >= 4 is 23.4 Å². The number of hydrogen-bond donors (Lipinski definition) is 2. The van der Waals surface area contributed by atoms with E-state index in [0.717, 1.165) is 41.9 Å². The number of aryl methyl sites for hydroxylation is 1. The first-order chi connectivity index (χ1) is 13.0. The van der Waals surface area contributed by atoms with Gasteiger partial charge < -0.3 is 20.2 Å². The number of rotatable bonds is 3. The minimum Gasteiger partial charge on any atom is -0.465 e. The Morgan fingerprint density at radius 2 is 1.96 bits per heavy atom. The summed E-state index contributed by atoms with van der Waals surface area (Å²) >= 11 is 0. The normalized spacial score (nSPS) is 18.5. The summed E-state index contributed by atoms with van der Waals surface area (Å²) in [5.41, 5.74) is 4.97. The van der Waals surface area contributed by atoms with Crippen molar-refractivity contribution in [1.82, 2.24) is 5.32 Å². The number of fused-ring (bicyclic) bond motifs is 1. The molecule has 1 unspecified atom stereocenters. The molecule has 2 aromatic rings. The molecule has 0 bridgehead atoms. The van der Waals surface area contributed by atoms with Gasteiger partial charge in [-0.25, -0.2) is 4.79 Å². The van der Waals surface area contributed by atoms with Gasteiger partial charge in [-0.1, -0.05) is 18.2 Å². The topological polar surface area (TPSA) is 72.9 Å². The van der Waals surface area contributed by atoms with Crippen LogP contribution in [0.25, 0.3) is 0 Å². The largest absolute Gasteiger partial charge is 0.465 e. The Kier molecular flexibility index (Phi) is 4.48. The zero-order valence-corrected chi connectivity index (χ0v) is 15.3. The molecular formula is C21H23N3O3. The summed E-state index contributed by atoms with van der Waals surface area (Å²) in [4.78, 5) is 27.9. The molecule has 2 aromatic carbocycles. The molecule has 2 amide bonds. The van der Waals surface area contributed by atoms with Crippen LogP contribution in [0.15, 0.2) is 42.5 Å². The number of nitrogens with zero attached hydrogens (tertiary/aromatic N) is 2. The van der Waals surface area contributed by atoms with Crippen molar-refractivity contribution in [1.29, 1.82) is 0 Å². The molecule has 27 heavy (non-hydrogen) atoms. The first kappa shape index (κ1) is 17.4. The maximum atomic E-state index is 13.0. The summed E-state index contributed by atoms with van der Waals surface area (Å²) in [6.07, 6.45) is 0.674. The number of amides is 2. The molecule has 2 aliphatic rings. The summed E-state index contributed by atoms with van der Waals surface area (Å²) in [5.74, 6) is 0.0477. The highest BCUT2D eigenvalue weighted by Gasteiger charge is 2.29. The zero-order chi connectivity index (χ0) is 19.0. The monoisotopic (exact) mass is 365 g/mol. The number of anilines is 2. The third kappa shape index (κ3) is 3.35. The third-order valence-electron chi connectivity index (χ3n) is 5.46. The molecular weight excluding hydrogens is 342 g/mol. The van der Waals surface area contributed by atoms with Crippen LogP contribution in [-0.4, -0.2) is 42.8 Å². The lowest BCUT2D eigenvalue weighted by molar-refractivity contribution is 0.0988. The maximum Gasteiger partial charge on any atom is 0.404 e. The molecule has 6 heteroatoms. The van der Waals surface area contributed by atoms with E-state index in [1.807, 2.05) is 48.2 Å².